The van der Waals surface area contributed by atoms with Gasteiger partial charge >= 0.3 is 0 Å². The van der Waals surface area contributed by atoms with Gasteiger partial charge in [-0.2, -0.15) is 0 Å². The van der Waals surface area contributed by atoms with Gasteiger partial charge in [0.15, 0.2) is 0 Å². The molecule has 1 heterocycles. The molecule has 1 aromatic rings. The number of hydrogen-bond acceptors (Lipinski definition) is 3. The normalized spacial score (nSPS) is 22.9. The lowest BCUT2D eigenvalue weighted by atomic mass is 10.1. The number of amides is 1. The van der Waals surface area contributed by atoms with Crippen molar-refractivity contribution in [1.82, 2.24) is 10.2 Å². The van der Waals surface area contributed by atoms with Crippen molar-refractivity contribution < 1.29 is 4.79 Å². The number of nitrogen functional groups attached to an aromatic ring is 1. The van der Waals surface area contributed by atoms with Gasteiger partial charge in [0.1, 0.15) is 0 Å². The van der Waals surface area contributed by atoms with E-state index in [1.54, 1.807) is 18.2 Å². The molecule has 1 atom stereocenters. The molecule has 2 aliphatic rings. The highest BCUT2D eigenvalue weighted by Crippen LogP contribution is 2.31. The summed E-state index contributed by atoms with van der Waals surface area (Å²) in [7, 11) is 0. The lowest BCUT2D eigenvalue weighted by molar-refractivity contribution is 0.0947. The van der Waals surface area contributed by atoms with Crippen LogP contribution in [0, 0.1) is 5.92 Å². The van der Waals surface area contributed by atoms with Crippen LogP contribution >= 0.6 is 15.9 Å². The molecule has 4 nitrogen and oxygen atoms in total. The average molecular weight is 338 g/mol. The van der Waals surface area contributed by atoms with Crippen LogP contribution in [0.4, 0.5) is 5.69 Å². The first kappa shape index (κ1) is 13.9. The summed E-state index contributed by atoms with van der Waals surface area (Å²) in [6, 6.07) is 6.13. The third-order valence-electron chi connectivity index (χ3n) is 4.19. The summed E-state index contributed by atoms with van der Waals surface area (Å²) < 4.78 is 0.769. The number of hydrogen-bond donors (Lipinski definition) is 2. The predicted octanol–water partition coefficient (Wildman–Crippen LogP) is 2.25. The van der Waals surface area contributed by atoms with Gasteiger partial charge in [0.2, 0.25) is 0 Å². The Morgan fingerprint density at radius 2 is 2.20 bits per heavy atom. The van der Waals surface area contributed by atoms with Crippen LogP contribution in [0.3, 0.4) is 0 Å². The Balaban J connectivity index is 1.50. The molecule has 5 heteroatoms. The predicted molar refractivity (Wildman–Crippen MR) is 83.6 cm³/mol. The quantitative estimate of drug-likeness (QED) is 0.828. The molecule has 1 aliphatic heterocycles. The average Bonchev–Trinajstić information content (AvgIpc) is 3.18. The van der Waals surface area contributed by atoms with Crippen molar-refractivity contribution in [3.63, 3.8) is 0 Å². The van der Waals surface area contributed by atoms with Crippen LogP contribution in [0.1, 0.15) is 29.6 Å². The molecule has 1 amide bonds. The molecule has 0 radical (unpaired) electrons. The third-order valence-corrected chi connectivity index (χ3v) is 4.88. The number of benzene rings is 1. The van der Waals surface area contributed by atoms with E-state index >= 15 is 0 Å². The van der Waals surface area contributed by atoms with Gasteiger partial charge in [-0.05, 0) is 65.9 Å². The van der Waals surface area contributed by atoms with Crippen molar-refractivity contribution in [3.8, 4) is 0 Å². The van der Waals surface area contributed by atoms with Gasteiger partial charge in [0, 0.05) is 34.9 Å². The Bertz CT molecular complexity index is 516. The Morgan fingerprint density at radius 3 is 2.90 bits per heavy atom. The van der Waals surface area contributed by atoms with Gasteiger partial charge in [-0.15, -0.1) is 0 Å². The second kappa shape index (κ2) is 5.74. The van der Waals surface area contributed by atoms with E-state index in [1.165, 1.54) is 25.8 Å². The molecular weight excluding hydrogens is 318 g/mol. The summed E-state index contributed by atoms with van der Waals surface area (Å²) in [5.41, 5.74) is 7.03. The molecule has 1 aromatic carbocycles. The topological polar surface area (TPSA) is 58.4 Å². The zero-order chi connectivity index (χ0) is 14.1. The first-order valence-electron chi connectivity index (χ1n) is 7.21. The largest absolute Gasteiger partial charge is 0.398 e. The minimum Gasteiger partial charge on any atom is -0.398 e. The fourth-order valence-corrected chi connectivity index (χ4v) is 3.19. The van der Waals surface area contributed by atoms with Crippen molar-refractivity contribution >= 4 is 27.5 Å². The van der Waals surface area contributed by atoms with Crippen LogP contribution in [0.5, 0.6) is 0 Å². The van der Waals surface area contributed by atoms with Gasteiger partial charge in [0.05, 0.1) is 0 Å². The lowest BCUT2D eigenvalue weighted by Crippen LogP contribution is -2.31. The number of rotatable bonds is 4. The molecule has 0 spiro atoms. The number of carbonyl (C=O) groups excluding carboxylic acids is 1. The van der Waals surface area contributed by atoms with Gasteiger partial charge in [-0.25, -0.2) is 0 Å². The highest BCUT2D eigenvalue weighted by molar-refractivity contribution is 9.10. The number of carbonyl (C=O) groups is 1. The Hall–Kier alpha value is -1.07. The molecule has 2 fully saturated rings. The number of anilines is 1. The molecule has 108 valence electrons. The second-order valence-corrected chi connectivity index (χ2v) is 6.68. The van der Waals surface area contributed by atoms with E-state index in [2.05, 4.69) is 26.1 Å². The number of nitrogens with two attached hydrogens (primary N) is 1. The summed E-state index contributed by atoms with van der Waals surface area (Å²) in [4.78, 5) is 14.7. The standard InChI is InChI=1S/C15H20BrN3O/c16-13-7-11(1-4-14(13)17)15(20)18-8-10-5-6-19(9-10)12-2-3-12/h1,4,7,10,12H,2-3,5-6,8-9,17H2,(H,18,20). The van der Waals surface area contributed by atoms with Crippen molar-refractivity contribution in [2.24, 2.45) is 5.92 Å². The maximum atomic E-state index is 12.1. The van der Waals surface area contributed by atoms with Crippen LogP contribution in [-0.4, -0.2) is 36.5 Å². The summed E-state index contributed by atoms with van der Waals surface area (Å²) >= 11 is 3.35. The third kappa shape index (κ3) is 3.15. The molecule has 20 heavy (non-hydrogen) atoms. The first-order chi connectivity index (χ1) is 9.63. The number of likely N-dealkylation sites (tertiary alicyclic amines) is 1. The van der Waals surface area contributed by atoms with E-state index in [0.29, 0.717) is 17.2 Å². The van der Waals surface area contributed by atoms with E-state index in [-0.39, 0.29) is 5.91 Å². The Kier molecular flexibility index (Phi) is 3.98. The van der Waals surface area contributed by atoms with Crippen LogP contribution in [0.15, 0.2) is 22.7 Å². The zero-order valence-electron chi connectivity index (χ0n) is 11.4. The molecular formula is C15H20BrN3O. The molecule has 1 aliphatic carbocycles. The monoisotopic (exact) mass is 337 g/mol. The number of nitrogens with one attached hydrogen (secondary N) is 1. The Morgan fingerprint density at radius 1 is 1.40 bits per heavy atom. The Labute approximate surface area is 127 Å². The van der Waals surface area contributed by atoms with E-state index in [1.807, 2.05) is 0 Å². The van der Waals surface area contributed by atoms with Gasteiger partial charge in [0.25, 0.3) is 5.91 Å². The fraction of sp³-hybridized carbons (Fsp3) is 0.533. The van der Waals surface area contributed by atoms with E-state index in [9.17, 15) is 4.79 Å². The molecule has 1 unspecified atom stereocenters. The molecule has 1 saturated carbocycles. The first-order valence-corrected chi connectivity index (χ1v) is 8.00. The van der Waals surface area contributed by atoms with Gasteiger partial charge in [-0.1, -0.05) is 0 Å². The fourth-order valence-electron chi connectivity index (χ4n) is 2.81. The van der Waals surface area contributed by atoms with Crippen molar-refractivity contribution in [2.75, 3.05) is 25.4 Å². The van der Waals surface area contributed by atoms with Crippen LogP contribution < -0.4 is 11.1 Å². The smallest absolute Gasteiger partial charge is 0.251 e. The van der Waals surface area contributed by atoms with Crippen LogP contribution in [0.25, 0.3) is 0 Å². The van der Waals surface area contributed by atoms with Crippen LogP contribution in [0.2, 0.25) is 0 Å². The lowest BCUT2D eigenvalue weighted by Gasteiger charge is -2.15. The second-order valence-electron chi connectivity index (χ2n) is 5.83. The minimum atomic E-state index is -0.0180. The molecule has 3 N–H and O–H groups in total. The summed E-state index contributed by atoms with van der Waals surface area (Å²) in [6.45, 7) is 3.10. The molecule has 1 saturated heterocycles. The summed E-state index contributed by atoms with van der Waals surface area (Å²) in [5.74, 6) is 0.576. The van der Waals surface area contributed by atoms with E-state index in [4.69, 9.17) is 5.73 Å². The number of halogens is 1. The molecule has 0 bridgehead atoms. The van der Waals surface area contributed by atoms with Crippen molar-refractivity contribution in [3.05, 3.63) is 28.2 Å². The zero-order valence-corrected chi connectivity index (χ0v) is 13.0. The van der Waals surface area contributed by atoms with Crippen molar-refractivity contribution in [2.45, 2.75) is 25.3 Å². The van der Waals surface area contributed by atoms with E-state index in [0.717, 1.165) is 23.6 Å². The minimum absolute atomic E-state index is 0.0180. The molecule has 3 rings (SSSR count). The van der Waals surface area contributed by atoms with Gasteiger partial charge in [-0.3, -0.25) is 4.79 Å². The maximum absolute atomic E-state index is 12.1. The highest BCUT2D eigenvalue weighted by atomic mass is 79.9. The molecule has 0 aromatic heterocycles. The summed E-state index contributed by atoms with van der Waals surface area (Å²) in [5, 5.41) is 3.04. The summed E-state index contributed by atoms with van der Waals surface area (Å²) in [6.07, 6.45) is 3.92. The van der Waals surface area contributed by atoms with Gasteiger partial charge < -0.3 is 16.0 Å². The maximum Gasteiger partial charge on any atom is 0.251 e. The van der Waals surface area contributed by atoms with Crippen molar-refractivity contribution in [1.29, 1.82) is 0 Å². The SMILES string of the molecule is Nc1ccc(C(=O)NCC2CCN(C3CC3)C2)cc1Br. The number of nitrogens with zero attached hydrogens (tertiary/aromatic N) is 1. The van der Waals surface area contributed by atoms with E-state index < -0.39 is 0 Å². The highest BCUT2D eigenvalue weighted by Gasteiger charge is 2.34. The van der Waals surface area contributed by atoms with Crippen LogP contribution in [-0.2, 0) is 0 Å².